The molecule has 1 aromatic rings. The van der Waals surface area contributed by atoms with Gasteiger partial charge in [-0.1, -0.05) is 23.8 Å². The van der Waals surface area contributed by atoms with Gasteiger partial charge in [-0.3, -0.25) is 14.4 Å². The van der Waals surface area contributed by atoms with E-state index in [1.54, 1.807) is 39.8 Å². The average Bonchev–Trinajstić information content (AvgIpc) is 2.70. The lowest BCUT2D eigenvalue weighted by Gasteiger charge is -2.32. The monoisotopic (exact) mass is 460 g/mol. The normalized spacial score (nSPS) is 12.5. The van der Waals surface area contributed by atoms with Gasteiger partial charge < -0.3 is 25.0 Å². The van der Waals surface area contributed by atoms with Gasteiger partial charge in [0.25, 0.3) is 0 Å². The van der Waals surface area contributed by atoms with Gasteiger partial charge in [0.05, 0.1) is 13.2 Å². The molecule has 0 radical (unpaired) electrons. The third-order valence-electron chi connectivity index (χ3n) is 4.54. The van der Waals surface area contributed by atoms with E-state index in [-0.39, 0.29) is 0 Å². The molecule has 33 heavy (non-hydrogen) atoms. The van der Waals surface area contributed by atoms with E-state index in [1.165, 1.54) is 14.0 Å². The quantitative estimate of drug-likeness (QED) is 0.446. The second-order valence-electron chi connectivity index (χ2n) is 8.55. The molecule has 0 heterocycles. The van der Waals surface area contributed by atoms with Crippen molar-refractivity contribution in [2.24, 2.45) is 0 Å². The molecule has 0 aliphatic carbocycles. The van der Waals surface area contributed by atoms with Crippen LogP contribution in [0.3, 0.4) is 0 Å². The van der Waals surface area contributed by atoms with Gasteiger partial charge in [-0.25, -0.2) is 4.79 Å². The van der Waals surface area contributed by atoms with Crippen LogP contribution in [0.15, 0.2) is 18.2 Å². The Labute approximate surface area is 194 Å². The molecule has 0 aliphatic rings. The van der Waals surface area contributed by atoms with Gasteiger partial charge in [-0.2, -0.15) is 5.26 Å². The zero-order valence-corrected chi connectivity index (χ0v) is 20.1. The first kappa shape index (κ1) is 27.4. The number of hydrogen-bond acceptors (Lipinski definition) is 7. The summed E-state index contributed by atoms with van der Waals surface area (Å²) in [6, 6.07) is 4.90. The summed E-state index contributed by atoms with van der Waals surface area (Å²) in [7, 11) is 1.19. The molecule has 10 heteroatoms. The van der Waals surface area contributed by atoms with E-state index in [1.807, 2.05) is 19.1 Å². The highest BCUT2D eigenvalue weighted by Gasteiger charge is 2.35. The second-order valence-corrected chi connectivity index (χ2v) is 8.55. The number of ether oxygens (including phenoxy) is 2. The van der Waals surface area contributed by atoms with Crippen molar-refractivity contribution < 1.29 is 28.7 Å². The Morgan fingerprint density at radius 1 is 1.18 bits per heavy atom. The molecule has 2 atom stereocenters. The second kappa shape index (κ2) is 11.9. The van der Waals surface area contributed by atoms with Gasteiger partial charge in [-0.05, 0) is 52.7 Å². The summed E-state index contributed by atoms with van der Waals surface area (Å²) in [6.45, 7) is 9.31. The molecule has 3 amide bonds. The van der Waals surface area contributed by atoms with Crippen molar-refractivity contribution in [2.75, 3.05) is 20.2 Å². The Kier molecular flexibility index (Phi) is 9.85. The van der Waals surface area contributed by atoms with Crippen LogP contribution in [0.25, 0.3) is 0 Å². The van der Waals surface area contributed by atoms with Crippen LogP contribution < -0.4 is 10.6 Å². The number of amides is 3. The number of benzene rings is 1. The Hall–Kier alpha value is -3.61. The van der Waals surface area contributed by atoms with E-state index in [0.29, 0.717) is 5.56 Å². The van der Waals surface area contributed by atoms with Crippen molar-refractivity contribution in [1.82, 2.24) is 15.5 Å². The van der Waals surface area contributed by atoms with Crippen molar-refractivity contribution in [3.63, 3.8) is 0 Å². The van der Waals surface area contributed by atoms with Crippen LogP contribution in [0.4, 0.5) is 4.79 Å². The molecule has 0 bridgehead atoms. The van der Waals surface area contributed by atoms with Crippen molar-refractivity contribution in [3.8, 4) is 6.07 Å². The fraction of sp³-hybridized carbons (Fsp3) is 0.522. The molecule has 0 fully saturated rings. The lowest BCUT2D eigenvalue weighted by molar-refractivity contribution is -0.144. The SMILES string of the molecule is COC(=O)CNC(=O)C(c1ccc(C)cc1C)N(CC#N)C(=O)C(C)NC(=O)OC(C)(C)C. The molecule has 0 spiro atoms. The lowest BCUT2D eigenvalue weighted by atomic mass is 9.96. The van der Waals surface area contributed by atoms with E-state index in [0.717, 1.165) is 16.0 Å². The molecule has 0 saturated carbocycles. The predicted molar refractivity (Wildman–Crippen MR) is 120 cm³/mol. The summed E-state index contributed by atoms with van der Waals surface area (Å²) in [4.78, 5) is 51.1. The molecule has 0 aromatic heterocycles. The number of hydrogen-bond donors (Lipinski definition) is 2. The maximum Gasteiger partial charge on any atom is 0.408 e. The minimum absolute atomic E-state index is 0.406. The highest BCUT2D eigenvalue weighted by molar-refractivity contribution is 5.93. The standard InChI is InChI=1S/C23H32N4O6/c1-14-8-9-17(15(2)12-14)19(20(29)25-13-18(28)32-7)27(11-10-24)21(30)16(3)26-22(31)33-23(4,5)6/h8-9,12,16,19H,11,13H2,1-7H3,(H,25,29)(H,26,31). The van der Waals surface area contributed by atoms with E-state index in [2.05, 4.69) is 15.4 Å². The number of rotatable bonds is 8. The Bertz CT molecular complexity index is 932. The number of nitrogens with zero attached hydrogens (tertiary/aromatic N) is 2. The topological polar surface area (TPSA) is 138 Å². The molecule has 2 unspecified atom stereocenters. The fourth-order valence-corrected chi connectivity index (χ4v) is 3.08. The molecule has 180 valence electrons. The third-order valence-corrected chi connectivity index (χ3v) is 4.54. The van der Waals surface area contributed by atoms with Gasteiger partial charge in [0.15, 0.2) is 0 Å². The maximum atomic E-state index is 13.3. The number of carbonyl (C=O) groups is 4. The summed E-state index contributed by atoms with van der Waals surface area (Å²) < 4.78 is 9.74. The van der Waals surface area contributed by atoms with E-state index >= 15 is 0 Å². The van der Waals surface area contributed by atoms with Crippen LogP contribution in [0.2, 0.25) is 0 Å². The summed E-state index contributed by atoms with van der Waals surface area (Å²) in [5.41, 5.74) is 1.38. The Morgan fingerprint density at radius 2 is 1.82 bits per heavy atom. The number of esters is 1. The molecule has 1 aromatic carbocycles. The highest BCUT2D eigenvalue weighted by atomic mass is 16.6. The molecule has 1 rings (SSSR count). The fourth-order valence-electron chi connectivity index (χ4n) is 3.08. The predicted octanol–water partition coefficient (Wildman–Crippen LogP) is 1.90. The summed E-state index contributed by atoms with van der Waals surface area (Å²) in [6.07, 6.45) is -0.807. The van der Waals surface area contributed by atoms with E-state index < -0.39 is 54.7 Å². The summed E-state index contributed by atoms with van der Waals surface area (Å²) in [5.74, 6) is -2.00. The number of nitrogens with one attached hydrogen (secondary N) is 2. The Morgan fingerprint density at radius 3 is 2.33 bits per heavy atom. The minimum Gasteiger partial charge on any atom is -0.468 e. The van der Waals surface area contributed by atoms with Gasteiger partial charge in [0, 0.05) is 0 Å². The van der Waals surface area contributed by atoms with Crippen LogP contribution in [0.1, 0.15) is 50.4 Å². The van der Waals surface area contributed by atoms with Crippen molar-refractivity contribution in [3.05, 3.63) is 34.9 Å². The third kappa shape index (κ3) is 8.44. The number of methoxy groups -OCH3 is 1. The van der Waals surface area contributed by atoms with Crippen molar-refractivity contribution >= 4 is 23.9 Å². The first-order valence-corrected chi connectivity index (χ1v) is 10.4. The molecule has 10 nitrogen and oxygen atoms in total. The molecular weight excluding hydrogens is 428 g/mol. The molecular formula is C23H32N4O6. The average molecular weight is 461 g/mol. The lowest BCUT2D eigenvalue weighted by Crippen LogP contribution is -2.52. The van der Waals surface area contributed by atoms with Gasteiger partial charge in [0.1, 0.15) is 30.8 Å². The van der Waals surface area contributed by atoms with Crippen molar-refractivity contribution in [2.45, 2.75) is 59.2 Å². The van der Waals surface area contributed by atoms with Gasteiger partial charge in [-0.15, -0.1) is 0 Å². The zero-order valence-electron chi connectivity index (χ0n) is 20.1. The number of nitriles is 1. The number of alkyl carbamates (subject to hydrolysis) is 1. The largest absolute Gasteiger partial charge is 0.468 e. The minimum atomic E-state index is -1.22. The van der Waals surface area contributed by atoms with Crippen LogP contribution in [-0.4, -0.2) is 60.6 Å². The van der Waals surface area contributed by atoms with Crippen LogP contribution in [0, 0.1) is 25.2 Å². The molecule has 0 saturated heterocycles. The van der Waals surface area contributed by atoms with Crippen LogP contribution >= 0.6 is 0 Å². The van der Waals surface area contributed by atoms with Crippen LogP contribution in [-0.2, 0) is 23.9 Å². The summed E-state index contributed by atoms with van der Waals surface area (Å²) >= 11 is 0. The molecule has 2 N–H and O–H groups in total. The van der Waals surface area contributed by atoms with Crippen LogP contribution in [0.5, 0.6) is 0 Å². The Balaban J connectivity index is 3.32. The zero-order chi connectivity index (χ0) is 25.3. The highest BCUT2D eigenvalue weighted by Crippen LogP contribution is 2.26. The summed E-state index contributed by atoms with van der Waals surface area (Å²) in [5, 5.41) is 14.3. The number of carbonyl (C=O) groups excluding carboxylic acids is 4. The van der Waals surface area contributed by atoms with E-state index in [4.69, 9.17) is 4.74 Å². The smallest absolute Gasteiger partial charge is 0.408 e. The first-order chi connectivity index (χ1) is 15.3. The number of aryl methyl sites for hydroxylation is 2. The van der Waals surface area contributed by atoms with Gasteiger partial charge in [0.2, 0.25) is 11.8 Å². The van der Waals surface area contributed by atoms with E-state index in [9.17, 15) is 24.4 Å². The first-order valence-electron chi connectivity index (χ1n) is 10.4. The molecule has 0 aliphatic heterocycles. The van der Waals surface area contributed by atoms with Gasteiger partial charge >= 0.3 is 12.1 Å². The van der Waals surface area contributed by atoms with Crippen molar-refractivity contribution in [1.29, 1.82) is 5.26 Å². The maximum absolute atomic E-state index is 13.3.